The molecule has 0 aliphatic heterocycles. The lowest BCUT2D eigenvalue weighted by Gasteiger charge is -2.30. The summed E-state index contributed by atoms with van der Waals surface area (Å²) in [7, 11) is 0. The van der Waals surface area contributed by atoms with Crippen molar-refractivity contribution in [3.63, 3.8) is 0 Å². The second-order valence-corrected chi connectivity index (χ2v) is 7.51. The number of nitrogens with zero attached hydrogens (tertiary/aromatic N) is 3. The van der Waals surface area contributed by atoms with Gasteiger partial charge in [-0.2, -0.15) is 0 Å². The first kappa shape index (κ1) is 18.9. The molecular weight excluding hydrogens is 364 g/mol. The van der Waals surface area contributed by atoms with Crippen LogP contribution in [-0.4, -0.2) is 32.7 Å². The maximum absolute atomic E-state index is 5.97. The fourth-order valence-corrected chi connectivity index (χ4v) is 3.62. The van der Waals surface area contributed by atoms with Crippen LogP contribution in [0.1, 0.15) is 25.7 Å². The zero-order valence-electron chi connectivity index (χ0n) is 14.9. The minimum absolute atomic E-state index is 0.665. The van der Waals surface area contributed by atoms with E-state index in [2.05, 4.69) is 31.9 Å². The average molecular weight is 389 g/mol. The van der Waals surface area contributed by atoms with Crippen LogP contribution in [0.5, 0.6) is 0 Å². The van der Waals surface area contributed by atoms with Crippen LogP contribution in [0, 0.1) is 5.92 Å². The Morgan fingerprint density at radius 3 is 2.85 bits per heavy atom. The summed E-state index contributed by atoms with van der Waals surface area (Å²) < 4.78 is 2.11. The van der Waals surface area contributed by atoms with E-state index in [-0.39, 0.29) is 0 Å². The number of hydrogen-bond donors (Lipinski definition) is 1. The van der Waals surface area contributed by atoms with E-state index in [0.717, 1.165) is 48.3 Å². The van der Waals surface area contributed by atoms with Crippen molar-refractivity contribution >= 4 is 34.6 Å². The molecule has 6 heteroatoms. The van der Waals surface area contributed by atoms with Crippen molar-refractivity contribution in [2.45, 2.75) is 32.2 Å². The van der Waals surface area contributed by atoms with E-state index < -0.39 is 0 Å². The Morgan fingerprint density at radius 1 is 1.31 bits per heavy atom. The van der Waals surface area contributed by atoms with Gasteiger partial charge < -0.3 is 14.8 Å². The van der Waals surface area contributed by atoms with E-state index >= 15 is 0 Å². The molecule has 2 aromatic rings. The highest BCUT2D eigenvalue weighted by atomic mass is 35.5. The van der Waals surface area contributed by atoms with Crippen LogP contribution in [-0.2, 0) is 6.54 Å². The van der Waals surface area contributed by atoms with E-state index in [1.807, 2.05) is 43.0 Å². The van der Waals surface area contributed by atoms with E-state index in [0.29, 0.717) is 5.92 Å². The normalized spacial score (nSPS) is 16.4. The smallest absolute Gasteiger partial charge is 0.173 e. The molecule has 1 aliphatic carbocycles. The summed E-state index contributed by atoms with van der Waals surface area (Å²) in [5.41, 5.74) is 0.975. The predicted molar refractivity (Wildman–Crippen MR) is 113 cm³/mol. The van der Waals surface area contributed by atoms with E-state index in [4.69, 9.17) is 23.8 Å². The van der Waals surface area contributed by atoms with Gasteiger partial charge in [-0.05, 0) is 68.1 Å². The van der Waals surface area contributed by atoms with Crippen LogP contribution in [0.3, 0.4) is 0 Å². The molecule has 1 heterocycles. The lowest BCUT2D eigenvalue weighted by Crippen LogP contribution is -2.39. The molecule has 0 unspecified atom stereocenters. The first-order chi connectivity index (χ1) is 12.7. The van der Waals surface area contributed by atoms with Gasteiger partial charge in [0.1, 0.15) is 0 Å². The van der Waals surface area contributed by atoms with Crippen molar-refractivity contribution in [1.29, 1.82) is 0 Å². The molecule has 0 radical (unpaired) electrons. The molecule has 0 saturated heterocycles. The number of halogens is 1. The number of aryl methyl sites for hydroxylation is 1. The van der Waals surface area contributed by atoms with Crippen molar-refractivity contribution < 1.29 is 0 Å². The Bertz CT molecular complexity index is 712. The summed E-state index contributed by atoms with van der Waals surface area (Å²) in [5, 5.41) is 4.88. The first-order valence-electron chi connectivity index (χ1n) is 9.13. The number of aromatic nitrogens is 2. The Balaban J connectivity index is 1.59. The predicted octanol–water partition coefficient (Wildman–Crippen LogP) is 4.98. The third kappa shape index (κ3) is 5.85. The second kappa shape index (κ2) is 9.74. The zero-order chi connectivity index (χ0) is 18.2. The molecule has 4 nitrogen and oxygen atoms in total. The standard InChI is InChI=1S/C20H25ClN4S/c21-18-7-9-19(10-8-18)23-20(26)25(15-17-5-2-1-3-6-17)13-4-12-24-14-11-22-16-24/h1-2,7-11,14,16-17H,3-6,12-13,15H2,(H,23,26)/t17-/m1/s1. The average Bonchev–Trinajstić information content (AvgIpc) is 3.17. The molecule has 0 fully saturated rings. The molecule has 1 atom stereocenters. The van der Waals surface area contributed by atoms with Crippen LogP contribution >= 0.6 is 23.8 Å². The van der Waals surface area contributed by atoms with Gasteiger partial charge >= 0.3 is 0 Å². The maximum atomic E-state index is 5.97. The summed E-state index contributed by atoms with van der Waals surface area (Å²) in [6.45, 7) is 2.87. The molecule has 1 aromatic carbocycles. The van der Waals surface area contributed by atoms with Gasteiger partial charge in [-0.3, -0.25) is 0 Å². The molecule has 0 bridgehead atoms. The monoisotopic (exact) mass is 388 g/mol. The van der Waals surface area contributed by atoms with Crippen LogP contribution in [0.4, 0.5) is 5.69 Å². The third-order valence-electron chi connectivity index (χ3n) is 4.64. The fourth-order valence-electron chi connectivity index (χ4n) is 3.21. The van der Waals surface area contributed by atoms with Gasteiger partial charge in [-0.25, -0.2) is 4.98 Å². The molecule has 0 saturated carbocycles. The number of nitrogens with one attached hydrogen (secondary N) is 1. The number of benzene rings is 1. The molecule has 1 aromatic heterocycles. The molecule has 1 N–H and O–H groups in total. The van der Waals surface area contributed by atoms with E-state index in [1.54, 1.807) is 0 Å². The Hall–Kier alpha value is -1.85. The van der Waals surface area contributed by atoms with Gasteiger partial charge in [-0.1, -0.05) is 23.8 Å². The summed E-state index contributed by atoms with van der Waals surface area (Å²) in [5.74, 6) is 0.665. The van der Waals surface area contributed by atoms with Gasteiger partial charge in [0, 0.05) is 42.7 Å². The van der Waals surface area contributed by atoms with Crippen LogP contribution in [0.2, 0.25) is 5.02 Å². The molecule has 0 spiro atoms. The second-order valence-electron chi connectivity index (χ2n) is 6.69. The first-order valence-corrected chi connectivity index (χ1v) is 9.91. The highest BCUT2D eigenvalue weighted by molar-refractivity contribution is 7.80. The molecule has 0 amide bonds. The summed E-state index contributed by atoms with van der Waals surface area (Å²) in [6, 6.07) is 7.67. The highest BCUT2D eigenvalue weighted by Crippen LogP contribution is 2.20. The van der Waals surface area contributed by atoms with Gasteiger partial charge in [0.25, 0.3) is 0 Å². The minimum Gasteiger partial charge on any atom is -0.349 e. The number of thiocarbonyl (C=S) groups is 1. The van der Waals surface area contributed by atoms with Crippen molar-refractivity contribution in [3.05, 3.63) is 60.2 Å². The van der Waals surface area contributed by atoms with E-state index in [1.165, 1.54) is 12.8 Å². The van der Waals surface area contributed by atoms with E-state index in [9.17, 15) is 0 Å². The number of rotatable bonds is 7. The fraction of sp³-hybridized carbons (Fsp3) is 0.400. The van der Waals surface area contributed by atoms with Crippen LogP contribution < -0.4 is 5.32 Å². The maximum Gasteiger partial charge on any atom is 0.173 e. The molecular formula is C20H25ClN4S. The molecule has 138 valence electrons. The van der Waals surface area contributed by atoms with Crippen molar-refractivity contribution in [1.82, 2.24) is 14.5 Å². The lowest BCUT2D eigenvalue weighted by atomic mass is 9.94. The topological polar surface area (TPSA) is 33.1 Å². The summed E-state index contributed by atoms with van der Waals surface area (Å²) in [6.07, 6.45) is 14.8. The van der Waals surface area contributed by atoms with Gasteiger partial charge in [0.2, 0.25) is 0 Å². The number of allylic oxidation sites excluding steroid dienone is 2. The summed E-state index contributed by atoms with van der Waals surface area (Å²) in [4.78, 5) is 6.41. The molecule has 1 aliphatic rings. The van der Waals surface area contributed by atoms with Gasteiger partial charge in [-0.15, -0.1) is 0 Å². The lowest BCUT2D eigenvalue weighted by molar-refractivity contribution is 0.316. The Labute approximate surface area is 165 Å². The van der Waals surface area contributed by atoms with Crippen molar-refractivity contribution in [2.75, 3.05) is 18.4 Å². The SMILES string of the molecule is S=C(Nc1ccc(Cl)cc1)N(CCCn1ccnc1)C[C@@H]1CC=CCC1. The number of anilines is 1. The van der Waals surface area contributed by atoms with Crippen LogP contribution in [0.25, 0.3) is 0 Å². The number of imidazole rings is 1. The molecule has 26 heavy (non-hydrogen) atoms. The molecule has 3 rings (SSSR count). The van der Waals surface area contributed by atoms with Crippen molar-refractivity contribution in [2.24, 2.45) is 5.92 Å². The van der Waals surface area contributed by atoms with Crippen molar-refractivity contribution in [3.8, 4) is 0 Å². The third-order valence-corrected chi connectivity index (χ3v) is 5.25. The largest absolute Gasteiger partial charge is 0.349 e. The Kier molecular flexibility index (Phi) is 7.09. The van der Waals surface area contributed by atoms with Crippen LogP contribution in [0.15, 0.2) is 55.1 Å². The summed E-state index contributed by atoms with van der Waals surface area (Å²) >= 11 is 11.7. The quantitative estimate of drug-likeness (QED) is 0.535. The zero-order valence-corrected chi connectivity index (χ0v) is 16.4. The van der Waals surface area contributed by atoms with Gasteiger partial charge in [0.15, 0.2) is 5.11 Å². The number of hydrogen-bond acceptors (Lipinski definition) is 2. The Morgan fingerprint density at radius 2 is 2.15 bits per heavy atom. The minimum atomic E-state index is 0.665. The van der Waals surface area contributed by atoms with Gasteiger partial charge in [0.05, 0.1) is 6.33 Å². The highest BCUT2D eigenvalue weighted by Gasteiger charge is 2.17.